The fraction of sp³-hybridized carbons (Fsp3) is 0.357. The number of hydrogen-bond acceptors (Lipinski definition) is 4. The molecule has 0 unspecified atom stereocenters. The number of carbonyl (C=O) groups is 3. The molecule has 0 N–H and O–H groups in total. The number of hydrogen-bond donors (Lipinski definition) is 0. The molecule has 4 amide bonds. The number of benzene rings is 1. The second kappa shape index (κ2) is 5.85. The van der Waals surface area contributed by atoms with Crippen LogP contribution in [0.25, 0.3) is 0 Å². The molecule has 0 radical (unpaired) electrons. The molecule has 1 heterocycles. The fourth-order valence-corrected chi connectivity index (χ4v) is 2.70. The molecule has 1 aliphatic rings. The number of urea groups is 1. The monoisotopic (exact) mass is 354 g/mol. The Morgan fingerprint density at radius 1 is 1.14 bits per heavy atom. The molecule has 1 aliphatic heterocycles. The van der Waals surface area contributed by atoms with Crippen molar-refractivity contribution in [2.75, 3.05) is 21.2 Å². The normalized spacial score (nSPS) is 16.7. The predicted octanol–water partition coefficient (Wildman–Crippen LogP) is 1.67. The topological polar surface area (TPSA) is 66.9 Å². The van der Waals surface area contributed by atoms with E-state index in [0.717, 1.165) is 19.8 Å². The van der Waals surface area contributed by atoms with Crippen LogP contribution in [0.5, 0.6) is 5.75 Å². The van der Waals surface area contributed by atoms with Gasteiger partial charge in [-0.1, -0.05) is 15.9 Å². The van der Waals surface area contributed by atoms with Gasteiger partial charge >= 0.3 is 6.03 Å². The predicted molar refractivity (Wildman–Crippen MR) is 78.8 cm³/mol. The number of nitrogens with zero attached hydrogens (tertiary/aromatic N) is 2. The molecule has 1 aromatic carbocycles. The zero-order valence-corrected chi connectivity index (χ0v) is 13.5. The first-order valence-electron chi connectivity index (χ1n) is 6.28. The Balaban J connectivity index is 2.34. The highest BCUT2D eigenvalue weighted by molar-refractivity contribution is 9.10. The second-order valence-corrected chi connectivity index (χ2v) is 5.71. The molecule has 112 valence electrons. The molecule has 2 rings (SSSR count). The SMILES string of the molecule is COc1ccc(Br)cc1CC1C(=O)N(C)C(=O)N(C)C1=O. The number of amides is 4. The van der Waals surface area contributed by atoms with E-state index in [9.17, 15) is 14.4 Å². The average Bonchev–Trinajstić information content (AvgIpc) is 2.48. The van der Waals surface area contributed by atoms with Gasteiger partial charge in [0.2, 0.25) is 11.8 Å². The Kier molecular flexibility index (Phi) is 4.32. The van der Waals surface area contributed by atoms with Gasteiger partial charge in [0.05, 0.1) is 7.11 Å². The summed E-state index contributed by atoms with van der Waals surface area (Å²) < 4.78 is 6.08. The third-order valence-corrected chi connectivity index (χ3v) is 3.99. The minimum atomic E-state index is -0.916. The van der Waals surface area contributed by atoms with Crippen LogP contribution in [0.2, 0.25) is 0 Å². The molecule has 0 bridgehead atoms. The highest BCUT2D eigenvalue weighted by atomic mass is 79.9. The maximum absolute atomic E-state index is 12.2. The Labute approximate surface area is 130 Å². The molecule has 1 aromatic rings. The number of carbonyl (C=O) groups excluding carboxylic acids is 3. The molecular formula is C14H15BrN2O4. The third kappa shape index (κ3) is 2.78. The summed E-state index contributed by atoms with van der Waals surface area (Å²) in [5.41, 5.74) is 0.731. The van der Waals surface area contributed by atoms with E-state index in [4.69, 9.17) is 4.74 Å². The first-order chi connectivity index (χ1) is 9.86. The van der Waals surface area contributed by atoms with Gasteiger partial charge in [-0.2, -0.15) is 0 Å². The lowest BCUT2D eigenvalue weighted by atomic mass is 9.94. The lowest BCUT2D eigenvalue weighted by Gasteiger charge is -2.33. The quantitative estimate of drug-likeness (QED) is 0.774. The zero-order chi connectivity index (χ0) is 15.7. The summed E-state index contributed by atoms with van der Waals surface area (Å²) in [4.78, 5) is 38.0. The number of halogens is 1. The van der Waals surface area contributed by atoms with E-state index in [-0.39, 0.29) is 6.42 Å². The van der Waals surface area contributed by atoms with Gasteiger partial charge < -0.3 is 4.74 Å². The van der Waals surface area contributed by atoms with E-state index < -0.39 is 23.8 Å². The van der Waals surface area contributed by atoms with Crippen LogP contribution in [-0.2, 0) is 16.0 Å². The second-order valence-electron chi connectivity index (χ2n) is 4.79. The van der Waals surface area contributed by atoms with Crippen LogP contribution in [0.1, 0.15) is 5.56 Å². The van der Waals surface area contributed by atoms with Crippen molar-refractivity contribution in [3.05, 3.63) is 28.2 Å². The number of ether oxygens (including phenoxy) is 1. The van der Waals surface area contributed by atoms with Crippen molar-refractivity contribution in [1.82, 2.24) is 9.80 Å². The molecule has 1 fully saturated rings. The Hall–Kier alpha value is -1.89. The van der Waals surface area contributed by atoms with E-state index in [1.54, 1.807) is 12.1 Å². The fourth-order valence-electron chi connectivity index (χ4n) is 2.29. The van der Waals surface area contributed by atoms with Crippen molar-refractivity contribution >= 4 is 33.8 Å². The summed E-state index contributed by atoms with van der Waals surface area (Å²) in [7, 11) is 4.27. The van der Waals surface area contributed by atoms with Crippen LogP contribution in [0.4, 0.5) is 4.79 Å². The largest absolute Gasteiger partial charge is 0.496 e. The third-order valence-electron chi connectivity index (χ3n) is 3.50. The maximum Gasteiger partial charge on any atom is 0.332 e. The molecule has 0 atom stereocenters. The van der Waals surface area contributed by atoms with Gasteiger partial charge in [0.25, 0.3) is 0 Å². The van der Waals surface area contributed by atoms with E-state index in [1.807, 2.05) is 6.07 Å². The first kappa shape index (κ1) is 15.5. The van der Waals surface area contributed by atoms with Crippen LogP contribution < -0.4 is 4.74 Å². The van der Waals surface area contributed by atoms with Crippen LogP contribution in [-0.4, -0.2) is 48.9 Å². The van der Waals surface area contributed by atoms with Gasteiger partial charge in [-0.25, -0.2) is 4.79 Å². The molecule has 0 saturated carbocycles. The standard InChI is InChI=1S/C14H15BrN2O4/c1-16-12(18)10(13(19)17(2)14(16)20)7-8-6-9(15)4-5-11(8)21-3/h4-6,10H,7H2,1-3H3. The maximum atomic E-state index is 12.2. The molecule has 7 heteroatoms. The molecular weight excluding hydrogens is 340 g/mol. The highest BCUT2D eigenvalue weighted by Crippen LogP contribution is 2.28. The molecule has 0 aromatic heterocycles. The van der Waals surface area contributed by atoms with Crippen molar-refractivity contribution in [2.45, 2.75) is 6.42 Å². The van der Waals surface area contributed by atoms with Crippen molar-refractivity contribution in [3.63, 3.8) is 0 Å². The van der Waals surface area contributed by atoms with Gasteiger partial charge in [0.1, 0.15) is 11.7 Å². The number of rotatable bonds is 3. The molecule has 0 spiro atoms. The van der Waals surface area contributed by atoms with Gasteiger partial charge in [-0.05, 0) is 30.2 Å². The zero-order valence-electron chi connectivity index (χ0n) is 11.9. The Bertz CT molecular complexity index is 593. The average molecular weight is 355 g/mol. The number of barbiturate groups is 1. The molecule has 21 heavy (non-hydrogen) atoms. The highest BCUT2D eigenvalue weighted by Gasteiger charge is 2.42. The summed E-state index contributed by atoms with van der Waals surface area (Å²) in [6, 6.07) is 4.77. The minimum absolute atomic E-state index is 0.183. The van der Waals surface area contributed by atoms with Crippen LogP contribution >= 0.6 is 15.9 Å². The minimum Gasteiger partial charge on any atom is -0.496 e. The molecule has 1 saturated heterocycles. The van der Waals surface area contributed by atoms with Gasteiger partial charge in [-0.15, -0.1) is 0 Å². The van der Waals surface area contributed by atoms with E-state index in [0.29, 0.717) is 5.75 Å². The van der Waals surface area contributed by atoms with E-state index >= 15 is 0 Å². The summed E-state index contributed by atoms with van der Waals surface area (Å²) >= 11 is 3.35. The van der Waals surface area contributed by atoms with E-state index in [2.05, 4.69) is 15.9 Å². The Morgan fingerprint density at radius 2 is 1.71 bits per heavy atom. The van der Waals surface area contributed by atoms with Gasteiger partial charge in [-0.3, -0.25) is 19.4 Å². The lowest BCUT2D eigenvalue weighted by Crippen LogP contribution is -2.57. The number of methoxy groups -OCH3 is 1. The smallest absolute Gasteiger partial charge is 0.332 e. The lowest BCUT2D eigenvalue weighted by molar-refractivity contribution is -0.147. The van der Waals surface area contributed by atoms with Crippen molar-refractivity contribution in [1.29, 1.82) is 0 Å². The number of imide groups is 2. The first-order valence-corrected chi connectivity index (χ1v) is 7.07. The van der Waals surface area contributed by atoms with Crippen LogP contribution in [0.3, 0.4) is 0 Å². The summed E-state index contributed by atoms with van der Waals surface area (Å²) in [5.74, 6) is -1.31. The van der Waals surface area contributed by atoms with Crippen LogP contribution in [0.15, 0.2) is 22.7 Å². The summed E-state index contributed by atoms with van der Waals surface area (Å²) in [6.45, 7) is 0. The Morgan fingerprint density at radius 3 is 2.24 bits per heavy atom. The van der Waals surface area contributed by atoms with Crippen LogP contribution in [0, 0.1) is 5.92 Å². The molecule has 6 nitrogen and oxygen atoms in total. The van der Waals surface area contributed by atoms with Crippen molar-refractivity contribution in [2.24, 2.45) is 5.92 Å². The van der Waals surface area contributed by atoms with Crippen molar-refractivity contribution in [3.8, 4) is 5.75 Å². The summed E-state index contributed by atoms with van der Waals surface area (Å²) in [6.07, 6.45) is 0.183. The van der Waals surface area contributed by atoms with Crippen molar-refractivity contribution < 1.29 is 19.1 Å². The van der Waals surface area contributed by atoms with Gasteiger partial charge in [0.15, 0.2) is 0 Å². The molecule has 0 aliphatic carbocycles. The summed E-state index contributed by atoms with van der Waals surface area (Å²) in [5, 5.41) is 0. The van der Waals surface area contributed by atoms with E-state index in [1.165, 1.54) is 21.2 Å². The van der Waals surface area contributed by atoms with Gasteiger partial charge in [0, 0.05) is 18.6 Å².